The zero-order chi connectivity index (χ0) is 14.5. The highest BCUT2D eigenvalue weighted by Crippen LogP contribution is 2.29. The molecule has 1 fully saturated rings. The second-order valence-electron chi connectivity index (χ2n) is 5.92. The molecule has 2 unspecified atom stereocenters. The lowest BCUT2D eigenvalue weighted by Gasteiger charge is -2.37. The Morgan fingerprint density at radius 1 is 1.05 bits per heavy atom. The molecule has 1 aliphatic heterocycles. The maximum absolute atomic E-state index is 9.59. The van der Waals surface area contributed by atoms with E-state index in [1.165, 1.54) is 5.56 Å². The van der Waals surface area contributed by atoms with Crippen molar-refractivity contribution >= 4 is 0 Å². The lowest BCUT2D eigenvalue weighted by atomic mass is 9.87. The minimum Gasteiger partial charge on any atom is -0.396 e. The number of likely N-dealkylation sites (tertiary alicyclic amines) is 1. The Morgan fingerprint density at radius 3 is 2.57 bits per heavy atom. The van der Waals surface area contributed by atoms with E-state index in [0.717, 1.165) is 31.7 Å². The van der Waals surface area contributed by atoms with Crippen LogP contribution in [0, 0.1) is 5.92 Å². The zero-order valence-corrected chi connectivity index (χ0v) is 12.2. The van der Waals surface area contributed by atoms with Gasteiger partial charge < -0.3 is 5.11 Å². The minimum absolute atomic E-state index is 0.259. The zero-order valence-electron chi connectivity index (χ0n) is 12.2. The number of benzene rings is 1. The lowest BCUT2D eigenvalue weighted by Crippen LogP contribution is -2.40. The van der Waals surface area contributed by atoms with Crippen LogP contribution < -0.4 is 0 Å². The fourth-order valence-corrected chi connectivity index (χ4v) is 3.24. The predicted molar refractivity (Wildman–Crippen MR) is 83.9 cm³/mol. The highest BCUT2D eigenvalue weighted by atomic mass is 16.3. The monoisotopic (exact) mass is 282 g/mol. The number of aliphatic hydroxyl groups is 1. The summed E-state index contributed by atoms with van der Waals surface area (Å²) in [5.74, 6) is 0.760. The van der Waals surface area contributed by atoms with Crippen molar-refractivity contribution in [3.8, 4) is 0 Å². The molecule has 1 N–H and O–H groups in total. The van der Waals surface area contributed by atoms with Crippen LogP contribution in [0.25, 0.3) is 0 Å². The quantitative estimate of drug-likeness (QED) is 0.936. The summed E-state index contributed by atoms with van der Waals surface area (Å²) in [5.41, 5.74) is 2.48. The van der Waals surface area contributed by atoms with Crippen LogP contribution in [0.15, 0.2) is 54.7 Å². The Hall–Kier alpha value is -1.71. The average molecular weight is 282 g/mol. The van der Waals surface area contributed by atoms with Gasteiger partial charge in [-0.3, -0.25) is 9.88 Å². The van der Waals surface area contributed by atoms with Crippen molar-refractivity contribution in [1.29, 1.82) is 0 Å². The van der Waals surface area contributed by atoms with E-state index >= 15 is 0 Å². The maximum atomic E-state index is 9.59. The van der Waals surface area contributed by atoms with E-state index in [9.17, 15) is 5.11 Å². The van der Waals surface area contributed by atoms with E-state index < -0.39 is 0 Å². The summed E-state index contributed by atoms with van der Waals surface area (Å²) in [4.78, 5) is 6.95. The van der Waals surface area contributed by atoms with Crippen LogP contribution >= 0.6 is 0 Å². The van der Waals surface area contributed by atoms with Crippen LogP contribution in [0.1, 0.15) is 23.6 Å². The first-order chi connectivity index (χ1) is 10.3. The van der Waals surface area contributed by atoms with Crippen molar-refractivity contribution < 1.29 is 5.11 Å². The Morgan fingerprint density at radius 2 is 1.86 bits per heavy atom. The van der Waals surface area contributed by atoms with Gasteiger partial charge in [0.25, 0.3) is 0 Å². The predicted octanol–water partition coefficient (Wildman–Crippen LogP) is 2.68. The van der Waals surface area contributed by atoms with E-state index in [4.69, 9.17) is 0 Å². The molecule has 110 valence electrons. The second-order valence-corrected chi connectivity index (χ2v) is 5.92. The number of pyridine rings is 1. The Balaban J connectivity index is 1.72. The molecule has 1 saturated heterocycles. The molecule has 0 aliphatic carbocycles. The number of aromatic nitrogens is 1. The van der Waals surface area contributed by atoms with Gasteiger partial charge in [0, 0.05) is 44.0 Å². The highest BCUT2D eigenvalue weighted by Gasteiger charge is 2.28. The molecule has 21 heavy (non-hydrogen) atoms. The molecule has 1 aromatic carbocycles. The van der Waals surface area contributed by atoms with Crippen molar-refractivity contribution in [1.82, 2.24) is 9.88 Å². The molecular weight excluding hydrogens is 260 g/mol. The first-order valence-electron chi connectivity index (χ1n) is 7.63. The smallest absolute Gasteiger partial charge is 0.0471 e. The summed E-state index contributed by atoms with van der Waals surface area (Å²) in [5, 5.41) is 9.59. The minimum atomic E-state index is 0.259. The van der Waals surface area contributed by atoms with E-state index in [-0.39, 0.29) is 6.61 Å². The molecule has 0 saturated carbocycles. The lowest BCUT2D eigenvalue weighted by molar-refractivity contribution is 0.101. The molecule has 0 radical (unpaired) electrons. The number of piperidine rings is 1. The largest absolute Gasteiger partial charge is 0.396 e. The van der Waals surface area contributed by atoms with Gasteiger partial charge >= 0.3 is 0 Å². The third kappa shape index (κ3) is 3.69. The van der Waals surface area contributed by atoms with Gasteiger partial charge in [-0.1, -0.05) is 36.4 Å². The molecule has 0 amide bonds. The standard InChI is InChI=1S/C18H22N2O/c21-14-16-10-17(18-8-4-5-9-19-18)13-20(12-16)11-15-6-2-1-3-7-15/h1-9,16-17,21H,10-14H2. The normalized spacial score (nSPS) is 23.1. The van der Waals surface area contributed by atoms with Crippen LogP contribution in [0.5, 0.6) is 0 Å². The van der Waals surface area contributed by atoms with Crippen LogP contribution in [-0.2, 0) is 6.54 Å². The maximum Gasteiger partial charge on any atom is 0.0471 e. The van der Waals surface area contributed by atoms with Gasteiger partial charge in [0.2, 0.25) is 0 Å². The third-order valence-corrected chi connectivity index (χ3v) is 4.23. The molecule has 1 aliphatic rings. The molecule has 3 nitrogen and oxygen atoms in total. The topological polar surface area (TPSA) is 36.4 Å². The average Bonchev–Trinajstić information content (AvgIpc) is 2.56. The number of hydrogen-bond acceptors (Lipinski definition) is 3. The van der Waals surface area contributed by atoms with Gasteiger partial charge in [-0.25, -0.2) is 0 Å². The van der Waals surface area contributed by atoms with Gasteiger partial charge in [0.05, 0.1) is 0 Å². The summed E-state index contributed by atoms with van der Waals surface area (Å²) >= 11 is 0. The summed E-state index contributed by atoms with van der Waals surface area (Å²) < 4.78 is 0. The number of nitrogens with zero attached hydrogens (tertiary/aromatic N) is 2. The summed E-state index contributed by atoms with van der Waals surface area (Å²) in [6.07, 6.45) is 2.89. The van der Waals surface area contributed by atoms with Crippen LogP contribution in [-0.4, -0.2) is 34.7 Å². The first-order valence-corrected chi connectivity index (χ1v) is 7.63. The fraction of sp³-hybridized carbons (Fsp3) is 0.389. The molecule has 2 atom stereocenters. The van der Waals surface area contributed by atoms with Gasteiger partial charge in [0.1, 0.15) is 0 Å². The van der Waals surface area contributed by atoms with Crippen molar-refractivity contribution in [2.75, 3.05) is 19.7 Å². The Kier molecular flexibility index (Phi) is 4.63. The van der Waals surface area contributed by atoms with Gasteiger partial charge in [-0.2, -0.15) is 0 Å². The SMILES string of the molecule is OCC1CC(c2ccccn2)CN(Cc2ccccc2)C1. The summed E-state index contributed by atoms with van der Waals surface area (Å²) in [7, 11) is 0. The van der Waals surface area contributed by atoms with Crippen LogP contribution in [0.4, 0.5) is 0 Å². The van der Waals surface area contributed by atoms with E-state index in [2.05, 4.69) is 40.2 Å². The Bertz CT molecular complexity index is 544. The number of aliphatic hydroxyl groups excluding tert-OH is 1. The van der Waals surface area contributed by atoms with Crippen molar-refractivity contribution in [2.45, 2.75) is 18.9 Å². The van der Waals surface area contributed by atoms with Gasteiger partial charge in [-0.05, 0) is 30.0 Å². The second kappa shape index (κ2) is 6.83. The Labute approximate surface area is 126 Å². The van der Waals surface area contributed by atoms with Gasteiger partial charge in [0.15, 0.2) is 0 Å². The third-order valence-electron chi connectivity index (χ3n) is 4.23. The van der Waals surface area contributed by atoms with Crippen molar-refractivity contribution in [3.05, 3.63) is 66.0 Å². The summed E-state index contributed by atoms with van der Waals surface area (Å²) in [6.45, 7) is 3.19. The first kappa shape index (κ1) is 14.2. The van der Waals surface area contributed by atoms with Crippen LogP contribution in [0.3, 0.4) is 0 Å². The molecule has 3 heteroatoms. The molecule has 1 aromatic heterocycles. The number of rotatable bonds is 4. The molecule has 3 rings (SSSR count). The summed E-state index contributed by atoms with van der Waals surface area (Å²) in [6, 6.07) is 16.6. The molecule has 0 bridgehead atoms. The van der Waals surface area contributed by atoms with E-state index in [1.807, 2.05) is 24.4 Å². The molecule has 0 spiro atoms. The highest BCUT2D eigenvalue weighted by molar-refractivity contribution is 5.16. The van der Waals surface area contributed by atoms with E-state index in [1.54, 1.807) is 0 Å². The molecule has 2 heterocycles. The van der Waals surface area contributed by atoms with Crippen LogP contribution in [0.2, 0.25) is 0 Å². The fourth-order valence-electron chi connectivity index (χ4n) is 3.24. The van der Waals surface area contributed by atoms with Crippen molar-refractivity contribution in [2.24, 2.45) is 5.92 Å². The molecular formula is C18H22N2O. The number of hydrogen-bond donors (Lipinski definition) is 1. The van der Waals surface area contributed by atoms with E-state index in [0.29, 0.717) is 11.8 Å². The van der Waals surface area contributed by atoms with Crippen molar-refractivity contribution in [3.63, 3.8) is 0 Å². The van der Waals surface area contributed by atoms with Gasteiger partial charge in [-0.15, -0.1) is 0 Å². The molecule has 2 aromatic rings.